The maximum absolute atomic E-state index is 8.90. The molecule has 0 saturated carbocycles. The molecule has 1 aromatic carbocycles. The number of nitrogen functional groups attached to an aromatic ring is 1. The summed E-state index contributed by atoms with van der Waals surface area (Å²) < 4.78 is 198. The Morgan fingerprint density at radius 1 is 1.19 bits per heavy atom. The van der Waals surface area contributed by atoms with E-state index in [0.717, 1.165) is 34.8 Å². The number of methoxy groups -OCH3 is 1. The fourth-order valence-corrected chi connectivity index (χ4v) is 2.80. The van der Waals surface area contributed by atoms with E-state index in [2.05, 4.69) is 24.8 Å². The van der Waals surface area contributed by atoms with Crippen molar-refractivity contribution >= 4 is 23.1 Å². The van der Waals surface area contributed by atoms with E-state index in [0.29, 0.717) is 0 Å². The molecule has 0 amide bonds. The molecule has 12 heteroatoms. The Kier molecular flexibility index (Phi) is 2.76. The Morgan fingerprint density at radius 2 is 2.06 bits per heavy atom. The highest BCUT2D eigenvalue weighted by Crippen LogP contribution is 2.22. The fourth-order valence-electron chi connectivity index (χ4n) is 2.80. The summed E-state index contributed by atoms with van der Waals surface area (Å²) in [5.74, 6) is -2.50. The van der Waals surface area contributed by atoms with Gasteiger partial charge < -0.3 is 29.4 Å². The Balaban J connectivity index is 1.57. The van der Waals surface area contributed by atoms with Crippen LogP contribution in [-0.4, -0.2) is 95.6 Å². The number of ether oxygens (including phenoxy) is 2. The van der Waals surface area contributed by atoms with Crippen molar-refractivity contribution in [1.82, 2.24) is 29.5 Å². The highest BCUT2D eigenvalue weighted by Gasteiger charge is 2.19. The first-order chi connectivity index (χ1) is 25.9. The van der Waals surface area contributed by atoms with Crippen molar-refractivity contribution in [2.45, 2.75) is 0 Å². The number of aromatic nitrogens is 5. The summed E-state index contributed by atoms with van der Waals surface area (Å²) in [5, 5.41) is 4.02. The van der Waals surface area contributed by atoms with Crippen LogP contribution in [0.1, 0.15) is 30.2 Å². The summed E-state index contributed by atoms with van der Waals surface area (Å²) in [6.45, 7) is -35.4. The van der Waals surface area contributed by atoms with Crippen molar-refractivity contribution < 1.29 is 44.0 Å². The van der Waals surface area contributed by atoms with Crippen LogP contribution in [0.5, 0.6) is 5.75 Å². The number of benzene rings is 1. The lowest BCUT2D eigenvalue weighted by atomic mass is 10.2. The third-order valence-electron chi connectivity index (χ3n) is 4.37. The normalized spacial score (nSPS) is 31.4. The van der Waals surface area contributed by atoms with Crippen molar-refractivity contribution in [2.75, 3.05) is 81.6 Å². The fraction of sp³-hybridized carbons (Fsp3) is 0.417. The van der Waals surface area contributed by atoms with Crippen LogP contribution in [0.25, 0.3) is 17.4 Å². The van der Waals surface area contributed by atoms with E-state index in [1.807, 2.05) is 0 Å². The lowest BCUT2D eigenvalue weighted by molar-refractivity contribution is 0.146. The molecule has 0 bridgehead atoms. The summed E-state index contributed by atoms with van der Waals surface area (Å²) in [6.07, 6.45) is 2.44. The summed E-state index contributed by atoms with van der Waals surface area (Å²) in [5.41, 5.74) is 4.97. The Hall–Kier alpha value is -3.90. The van der Waals surface area contributed by atoms with Gasteiger partial charge in [0.2, 0.25) is 11.8 Å². The standard InChI is InChI=1S/C24H31N9O3/c1-30(20-17-21-27-22(23-26-7-14-36-23)29-33(21)24(25)28-20)8-9-31-10-12-32(13-11-31)18-3-5-19(6-4-18)35-16-15-34-2/h3-7,14,17H,8-13,15-16H2,1-2H3,(H2,25,28)/i1D3,2D3,8D2,9D2,10D2,11D2,12D2,13D2,15D2,16D2. The molecule has 5 rings (SSSR count). The third kappa shape index (κ3) is 5.34. The van der Waals surface area contributed by atoms with Gasteiger partial charge in [-0.3, -0.25) is 4.90 Å². The third-order valence-corrected chi connectivity index (χ3v) is 4.37. The van der Waals surface area contributed by atoms with Crippen LogP contribution in [0.15, 0.2) is 47.2 Å². The molecule has 1 fully saturated rings. The number of nitrogens with zero attached hydrogens (tertiary/aromatic N) is 8. The zero-order valence-electron chi connectivity index (χ0n) is 39.9. The van der Waals surface area contributed by atoms with E-state index in [1.54, 1.807) is 0 Å². The minimum Gasteiger partial charge on any atom is -0.491 e. The van der Waals surface area contributed by atoms with E-state index in [1.165, 1.54) is 12.5 Å². The first-order valence-corrected chi connectivity index (χ1v) is 9.79. The first kappa shape index (κ1) is 9.20. The Morgan fingerprint density at radius 3 is 2.81 bits per heavy atom. The molecule has 4 aromatic rings. The number of nitrogens with two attached hydrogens (primary N) is 1. The number of fused-ring (bicyclic) bond motifs is 1. The lowest BCUT2D eigenvalue weighted by Crippen LogP contribution is -2.48. The molecule has 36 heavy (non-hydrogen) atoms. The van der Waals surface area contributed by atoms with Crippen LogP contribution in [0.3, 0.4) is 0 Å². The van der Waals surface area contributed by atoms with Crippen molar-refractivity contribution in [3.8, 4) is 17.5 Å². The number of hydrogen-bond donors (Lipinski definition) is 1. The second kappa shape index (κ2) is 10.8. The summed E-state index contributed by atoms with van der Waals surface area (Å²) in [6, 6.07) is 3.89. The maximum atomic E-state index is 8.90. The van der Waals surface area contributed by atoms with E-state index in [9.17, 15) is 0 Å². The highest BCUT2D eigenvalue weighted by molar-refractivity contribution is 5.58. The van der Waals surface area contributed by atoms with E-state index in [-0.39, 0.29) is 27.2 Å². The van der Waals surface area contributed by atoms with Crippen LogP contribution >= 0.6 is 0 Å². The van der Waals surface area contributed by atoms with Crippen LogP contribution in [0.4, 0.5) is 17.5 Å². The number of oxazole rings is 1. The number of likely N-dealkylation sites (N-methyl/N-ethyl adjacent to an activating group) is 1. The SMILES string of the molecule is [2H]C([2H])([2H])OC([2H])([2H])C([2H])([2H])Oc1ccc(N2C([2H])([2H])C([2H])([2H])N(C([2H])([2H])C([2H])([2H])N(c3cc4nc(-c5ncco5)nn4c(N)n3)C([2H])([2H])[2H])C([2H])([2H])C2([2H])[2H])cc1. The highest BCUT2D eigenvalue weighted by atomic mass is 16.5. The van der Waals surface area contributed by atoms with Gasteiger partial charge >= 0.3 is 0 Å². The quantitative estimate of drug-likeness (QED) is 0.331. The number of rotatable bonds is 10. The summed E-state index contributed by atoms with van der Waals surface area (Å²) in [7, 11) is -3.40. The molecule has 4 heterocycles. The average Bonchev–Trinajstić information content (AvgIpc) is 3.69. The van der Waals surface area contributed by atoms with Gasteiger partial charge in [0.05, 0.1) is 30.6 Å². The van der Waals surface area contributed by atoms with E-state index < -0.39 is 94.2 Å². The van der Waals surface area contributed by atoms with E-state index in [4.69, 9.17) is 45.0 Å². The van der Waals surface area contributed by atoms with Crippen molar-refractivity contribution in [3.63, 3.8) is 0 Å². The van der Waals surface area contributed by atoms with Crippen molar-refractivity contribution in [1.29, 1.82) is 0 Å². The number of piperazine rings is 1. The molecule has 3 aromatic heterocycles. The van der Waals surface area contributed by atoms with Crippen LogP contribution in [0.2, 0.25) is 0 Å². The molecule has 0 spiro atoms. The smallest absolute Gasteiger partial charge is 0.266 e. The summed E-state index contributed by atoms with van der Waals surface area (Å²) >= 11 is 0. The number of anilines is 3. The maximum Gasteiger partial charge on any atom is 0.266 e. The molecule has 0 aliphatic carbocycles. The molecular weight excluding hydrogens is 462 g/mol. The topological polar surface area (TPSA) is 123 Å². The molecule has 1 aliphatic heterocycles. The second-order valence-electron chi connectivity index (χ2n) is 6.59. The zero-order valence-corrected chi connectivity index (χ0v) is 17.9. The molecular formula is C24H31N9O3. The van der Waals surface area contributed by atoms with Gasteiger partial charge in [-0.15, -0.1) is 5.10 Å². The van der Waals surface area contributed by atoms with Gasteiger partial charge in [0.1, 0.15) is 24.4 Å². The number of hydrogen-bond acceptors (Lipinski definition) is 11. The van der Waals surface area contributed by atoms with Gasteiger partial charge in [0.15, 0.2) is 5.65 Å². The van der Waals surface area contributed by atoms with E-state index >= 15 is 0 Å². The molecule has 2 N–H and O–H groups in total. The molecule has 1 saturated heterocycles. The Labute approximate surface area is 240 Å². The van der Waals surface area contributed by atoms with Crippen LogP contribution < -0.4 is 20.3 Å². The van der Waals surface area contributed by atoms with Gasteiger partial charge in [-0.05, 0) is 24.3 Å². The monoisotopic (exact) mass is 515 g/mol. The largest absolute Gasteiger partial charge is 0.491 e. The molecule has 0 unspecified atom stereocenters. The first-order valence-electron chi connectivity index (χ1n) is 20.8. The molecule has 12 nitrogen and oxygen atoms in total. The average molecular weight is 516 g/mol. The van der Waals surface area contributed by atoms with Gasteiger partial charge in [0, 0.05) is 77.1 Å². The minimum atomic E-state index is -4.35. The van der Waals surface area contributed by atoms with Crippen molar-refractivity contribution in [2.24, 2.45) is 0 Å². The predicted molar refractivity (Wildman–Crippen MR) is 136 cm³/mol. The summed E-state index contributed by atoms with van der Waals surface area (Å²) in [4.78, 5) is 10.7. The van der Waals surface area contributed by atoms with Gasteiger partial charge in [0.25, 0.3) is 5.89 Å². The second-order valence-corrected chi connectivity index (χ2v) is 6.59. The van der Waals surface area contributed by atoms with Crippen LogP contribution in [-0.2, 0) is 4.74 Å². The van der Waals surface area contributed by atoms with Gasteiger partial charge in [-0.2, -0.15) is 9.50 Å². The van der Waals surface area contributed by atoms with Gasteiger partial charge in [-0.25, -0.2) is 9.97 Å². The lowest BCUT2D eigenvalue weighted by Gasteiger charge is -2.36. The van der Waals surface area contributed by atoms with Crippen LogP contribution in [0, 0.1) is 0 Å². The molecule has 1 aliphatic rings. The van der Waals surface area contributed by atoms with Gasteiger partial charge in [-0.1, -0.05) is 0 Å². The minimum absolute atomic E-state index is 0.0912. The Bertz CT molecular complexity index is 2110. The zero-order chi connectivity index (χ0) is 44.3. The molecule has 0 atom stereocenters. The molecule has 190 valence electrons. The predicted octanol–water partition coefficient (Wildman–Crippen LogP) is 1.65. The molecule has 0 radical (unpaired) electrons. The van der Waals surface area contributed by atoms with Crippen molar-refractivity contribution in [3.05, 3.63) is 42.8 Å².